The van der Waals surface area contributed by atoms with Gasteiger partial charge in [0.1, 0.15) is 17.8 Å². The molecule has 2 aliphatic heterocycles. The molecule has 0 aliphatic carbocycles. The fourth-order valence-electron chi connectivity index (χ4n) is 4.66. The van der Waals surface area contributed by atoms with Crippen molar-refractivity contribution in [2.24, 2.45) is 5.73 Å². The highest BCUT2D eigenvalue weighted by Gasteiger charge is 2.57. The summed E-state index contributed by atoms with van der Waals surface area (Å²) in [7, 11) is 0. The van der Waals surface area contributed by atoms with Gasteiger partial charge in [0, 0.05) is 17.7 Å². The summed E-state index contributed by atoms with van der Waals surface area (Å²) in [5, 5.41) is 7.95. The molecule has 6 rings (SSSR count). The average molecular weight is 444 g/mol. The second-order valence-corrected chi connectivity index (χ2v) is 8.80. The first kappa shape index (κ1) is 18.7. The molecule has 3 N–H and O–H groups in total. The number of carbonyl (C=O) groups excluding carboxylic acids is 3. The molecule has 4 heterocycles. The third-order valence-corrected chi connectivity index (χ3v) is 6.97. The number of amides is 3. The summed E-state index contributed by atoms with van der Waals surface area (Å²) in [6.07, 6.45) is 1.51. The van der Waals surface area contributed by atoms with Gasteiger partial charge < -0.3 is 16.0 Å². The Morgan fingerprint density at radius 2 is 1.91 bits per heavy atom. The first-order valence-electron chi connectivity index (χ1n) is 9.93. The Balaban J connectivity index is 1.57. The number of para-hydroxylation sites is 2. The van der Waals surface area contributed by atoms with Crippen molar-refractivity contribution in [1.29, 1.82) is 0 Å². The van der Waals surface area contributed by atoms with Crippen molar-refractivity contribution in [3.8, 4) is 5.13 Å². The molecular weight excluding hydrogens is 428 g/mol. The SMILES string of the molecule is NC(=O)CN1C(=O)[C@@]2(CC(=O)Nc3c2cnn3-c2nc3ccccc3s2)c2ccccc21. The fraction of sp³-hybridized carbons (Fsp3) is 0.136. The highest BCUT2D eigenvalue weighted by molar-refractivity contribution is 7.20. The molecule has 4 aromatic rings. The topological polar surface area (TPSA) is 123 Å². The monoisotopic (exact) mass is 444 g/mol. The fourth-order valence-corrected chi connectivity index (χ4v) is 5.59. The van der Waals surface area contributed by atoms with Crippen molar-refractivity contribution in [2.75, 3.05) is 16.8 Å². The number of primary amides is 1. The van der Waals surface area contributed by atoms with Crippen LogP contribution in [-0.2, 0) is 19.8 Å². The number of fused-ring (bicyclic) bond motifs is 5. The number of carbonyl (C=O) groups is 3. The van der Waals surface area contributed by atoms with Gasteiger partial charge in [-0.05, 0) is 23.8 Å². The van der Waals surface area contributed by atoms with E-state index >= 15 is 0 Å². The molecule has 0 saturated carbocycles. The molecule has 1 atom stereocenters. The molecule has 158 valence electrons. The summed E-state index contributed by atoms with van der Waals surface area (Å²) >= 11 is 1.44. The molecule has 2 aromatic carbocycles. The smallest absolute Gasteiger partial charge is 0.243 e. The van der Waals surface area contributed by atoms with Gasteiger partial charge in [0.2, 0.25) is 22.9 Å². The third-order valence-electron chi connectivity index (χ3n) is 5.96. The molecule has 10 heteroatoms. The Kier molecular flexibility index (Phi) is 3.78. The van der Waals surface area contributed by atoms with Gasteiger partial charge >= 0.3 is 0 Å². The van der Waals surface area contributed by atoms with E-state index in [0.717, 1.165) is 10.2 Å². The van der Waals surface area contributed by atoms with E-state index in [1.165, 1.54) is 16.2 Å². The van der Waals surface area contributed by atoms with Crippen LogP contribution in [0.15, 0.2) is 54.7 Å². The summed E-state index contributed by atoms with van der Waals surface area (Å²) in [6.45, 7) is -0.263. The van der Waals surface area contributed by atoms with Crippen molar-refractivity contribution >= 4 is 50.8 Å². The lowest BCUT2D eigenvalue weighted by Gasteiger charge is -2.32. The summed E-state index contributed by atoms with van der Waals surface area (Å²) in [5.41, 5.74) is 6.76. The Labute approximate surface area is 185 Å². The average Bonchev–Trinajstić information content (AvgIpc) is 3.44. The Bertz CT molecular complexity index is 1420. The number of thiazole rings is 1. The van der Waals surface area contributed by atoms with Crippen LogP contribution in [0.1, 0.15) is 17.5 Å². The zero-order valence-electron chi connectivity index (χ0n) is 16.6. The number of aromatic nitrogens is 3. The van der Waals surface area contributed by atoms with Gasteiger partial charge in [0.25, 0.3) is 0 Å². The van der Waals surface area contributed by atoms with E-state index in [1.54, 1.807) is 23.0 Å². The normalized spacial score (nSPS) is 19.3. The maximum Gasteiger partial charge on any atom is 0.243 e. The van der Waals surface area contributed by atoms with Crippen molar-refractivity contribution in [3.05, 3.63) is 65.9 Å². The third kappa shape index (κ3) is 2.41. The van der Waals surface area contributed by atoms with Crippen molar-refractivity contribution in [3.63, 3.8) is 0 Å². The van der Waals surface area contributed by atoms with Gasteiger partial charge in [-0.1, -0.05) is 41.7 Å². The first-order valence-corrected chi connectivity index (χ1v) is 10.7. The largest absolute Gasteiger partial charge is 0.368 e. The molecule has 2 aromatic heterocycles. The summed E-state index contributed by atoms with van der Waals surface area (Å²) in [5.74, 6) is -0.901. The quantitative estimate of drug-likeness (QED) is 0.500. The van der Waals surface area contributed by atoms with Gasteiger partial charge in [-0.2, -0.15) is 9.78 Å². The summed E-state index contributed by atoms with van der Waals surface area (Å²) in [4.78, 5) is 44.3. The van der Waals surface area contributed by atoms with E-state index in [9.17, 15) is 14.4 Å². The molecule has 2 aliphatic rings. The minimum Gasteiger partial charge on any atom is -0.368 e. The van der Waals surface area contributed by atoms with Crippen LogP contribution >= 0.6 is 11.3 Å². The molecular formula is C22H16N6O3S. The van der Waals surface area contributed by atoms with Crippen LogP contribution in [0.5, 0.6) is 0 Å². The second kappa shape index (κ2) is 6.47. The Morgan fingerprint density at radius 3 is 2.72 bits per heavy atom. The van der Waals surface area contributed by atoms with Gasteiger partial charge in [-0.15, -0.1) is 0 Å². The number of nitrogens with one attached hydrogen (secondary N) is 1. The number of nitrogens with zero attached hydrogens (tertiary/aromatic N) is 4. The first-order chi connectivity index (χ1) is 15.5. The van der Waals surface area contributed by atoms with Crippen LogP contribution in [0.3, 0.4) is 0 Å². The van der Waals surface area contributed by atoms with Gasteiger partial charge in [0.05, 0.1) is 16.4 Å². The zero-order chi connectivity index (χ0) is 22.0. The molecule has 0 bridgehead atoms. The maximum atomic E-state index is 13.8. The van der Waals surface area contributed by atoms with E-state index in [-0.39, 0.29) is 24.8 Å². The standard InChI is InChI=1S/C22H16N6O3S/c23-17(29)11-27-15-7-3-1-5-12(15)22(20(27)31)9-18(30)26-19-13(22)10-24-28(19)21-25-14-6-2-4-8-16(14)32-21/h1-8,10H,9,11H2,(H2,23,29)(H,26,30)/t22-/m0/s1. The maximum absolute atomic E-state index is 13.8. The van der Waals surface area contributed by atoms with Crippen LogP contribution in [0.4, 0.5) is 11.5 Å². The van der Waals surface area contributed by atoms with E-state index in [1.807, 2.05) is 36.4 Å². The summed E-state index contributed by atoms with van der Waals surface area (Å²) < 4.78 is 2.55. The van der Waals surface area contributed by atoms with E-state index in [0.29, 0.717) is 27.8 Å². The van der Waals surface area contributed by atoms with Crippen LogP contribution in [0.25, 0.3) is 15.3 Å². The number of nitrogens with two attached hydrogens (primary N) is 1. The molecule has 9 nitrogen and oxygen atoms in total. The lowest BCUT2D eigenvalue weighted by Crippen LogP contribution is -2.48. The number of benzene rings is 2. The molecule has 0 unspecified atom stereocenters. The van der Waals surface area contributed by atoms with Crippen molar-refractivity contribution < 1.29 is 14.4 Å². The molecule has 1 spiro atoms. The van der Waals surface area contributed by atoms with Crippen LogP contribution in [0, 0.1) is 0 Å². The lowest BCUT2D eigenvalue weighted by molar-refractivity contribution is -0.127. The number of rotatable bonds is 3. The molecule has 0 fully saturated rings. The van der Waals surface area contributed by atoms with E-state index in [2.05, 4.69) is 15.4 Å². The predicted molar refractivity (Wildman–Crippen MR) is 119 cm³/mol. The minimum absolute atomic E-state index is 0.0867. The van der Waals surface area contributed by atoms with Gasteiger partial charge in [0.15, 0.2) is 0 Å². The lowest BCUT2D eigenvalue weighted by atomic mass is 9.72. The predicted octanol–water partition coefficient (Wildman–Crippen LogP) is 1.94. The highest BCUT2D eigenvalue weighted by Crippen LogP contribution is 2.52. The Morgan fingerprint density at radius 1 is 1.12 bits per heavy atom. The highest BCUT2D eigenvalue weighted by atomic mass is 32.1. The van der Waals surface area contributed by atoms with Crippen LogP contribution in [0.2, 0.25) is 0 Å². The molecule has 0 saturated heterocycles. The number of hydrogen-bond donors (Lipinski definition) is 2. The van der Waals surface area contributed by atoms with Gasteiger partial charge in [-0.3, -0.25) is 14.4 Å². The van der Waals surface area contributed by atoms with Crippen LogP contribution in [-0.4, -0.2) is 39.0 Å². The van der Waals surface area contributed by atoms with Crippen molar-refractivity contribution in [1.82, 2.24) is 14.8 Å². The minimum atomic E-state index is -1.28. The molecule has 32 heavy (non-hydrogen) atoms. The zero-order valence-corrected chi connectivity index (χ0v) is 17.4. The molecule has 3 amide bonds. The Hall–Kier alpha value is -4.05. The number of hydrogen-bond acceptors (Lipinski definition) is 6. The van der Waals surface area contributed by atoms with E-state index in [4.69, 9.17) is 5.73 Å². The number of anilines is 2. The van der Waals surface area contributed by atoms with Gasteiger partial charge in [-0.25, -0.2) is 4.98 Å². The second-order valence-electron chi connectivity index (χ2n) is 7.79. The van der Waals surface area contributed by atoms with Crippen molar-refractivity contribution in [2.45, 2.75) is 11.8 Å². The van der Waals surface area contributed by atoms with E-state index < -0.39 is 11.3 Å². The molecule has 0 radical (unpaired) electrons. The van der Waals surface area contributed by atoms with Crippen LogP contribution < -0.4 is 16.0 Å². The summed E-state index contributed by atoms with van der Waals surface area (Å²) in [6, 6.07) is 14.9.